The summed E-state index contributed by atoms with van der Waals surface area (Å²) in [6.45, 7) is 6.37. The highest BCUT2D eigenvalue weighted by Crippen LogP contribution is 2.27. The van der Waals surface area contributed by atoms with Crippen LogP contribution in [-0.2, 0) is 12.8 Å². The molecule has 3 heteroatoms. The van der Waals surface area contributed by atoms with Crippen molar-refractivity contribution < 1.29 is 5.11 Å². The molecule has 0 aliphatic carbocycles. The Balaban J connectivity index is 2.47. The first-order valence-corrected chi connectivity index (χ1v) is 6.48. The Labute approximate surface area is 108 Å². The van der Waals surface area contributed by atoms with E-state index in [1.165, 1.54) is 0 Å². The molecule has 0 saturated heterocycles. The Morgan fingerprint density at radius 3 is 2.44 bits per heavy atom. The van der Waals surface area contributed by atoms with Crippen molar-refractivity contribution in [3.8, 4) is 11.6 Å². The average Bonchev–Trinajstić information content (AvgIpc) is 2.67. The van der Waals surface area contributed by atoms with E-state index in [1.54, 1.807) is 4.68 Å². The van der Waals surface area contributed by atoms with Crippen molar-refractivity contribution in [3.63, 3.8) is 0 Å². The van der Waals surface area contributed by atoms with Crippen LogP contribution in [0, 0.1) is 5.92 Å². The molecule has 0 fully saturated rings. The monoisotopic (exact) mass is 244 g/mol. The minimum atomic E-state index is 0.284. The second kappa shape index (κ2) is 5.25. The molecule has 0 atom stereocenters. The van der Waals surface area contributed by atoms with Crippen LogP contribution in [-0.4, -0.2) is 14.9 Å². The molecule has 0 spiro atoms. The van der Waals surface area contributed by atoms with Crippen molar-refractivity contribution in [2.75, 3.05) is 0 Å². The fourth-order valence-electron chi connectivity index (χ4n) is 2.14. The van der Waals surface area contributed by atoms with Crippen LogP contribution in [0.25, 0.3) is 5.69 Å². The predicted molar refractivity (Wildman–Crippen MR) is 73.1 cm³/mol. The van der Waals surface area contributed by atoms with E-state index < -0.39 is 0 Å². The number of aromatic hydroxyl groups is 1. The quantitative estimate of drug-likeness (QED) is 0.895. The highest BCUT2D eigenvalue weighted by molar-refractivity contribution is 5.40. The maximum absolute atomic E-state index is 10.3. The van der Waals surface area contributed by atoms with Gasteiger partial charge in [0, 0.05) is 5.56 Å². The van der Waals surface area contributed by atoms with Crippen molar-refractivity contribution >= 4 is 0 Å². The van der Waals surface area contributed by atoms with Crippen molar-refractivity contribution in [2.24, 2.45) is 5.92 Å². The Morgan fingerprint density at radius 1 is 1.22 bits per heavy atom. The summed E-state index contributed by atoms with van der Waals surface area (Å²) in [5.74, 6) is 0.793. The van der Waals surface area contributed by atoms with Gasteiger partial charge in [0.15, 0.2) is 0 Å². The van der Waals surface area contributed by atoms with E-state index in [4.69, 9.17) is 0 Å². The summed E-state index contributed by atoms with van der Waals surface area (Å²) in [6.07, 6.45) is 1.71. The van der Waals surface area contributed by atoms with Crippen molar-refractivity contribution in [1.29, 1.82) is 0 Å². The Hall–Kier alpha value is -1.77. The standard InChI is InChI=1S/C15H20N2O/c1-4-14-13(10-11(2)3)15(18)17(16-14)12-8-6-5-7-9-12/h5-9,11,18H,4,10H2,1-3H3. The minimum absolute atomic E-state index is 0.284. The summed E-state index contributed by atoms with van der Waals surface area (Å²) >= 11 is 0. The molecule has 0 bridgehead atoms. The third-order valence-electron chi connectivity index (χ3n) is 2.99. The molecule has 0 aliphatic heterocycles. The topological polar surface area (TPSA) is 38.0 Å². The molecule has 2 rings (SSSR count). The largest absolute Gasteiger partial charge is 0.493 e. The fraction of sp³-hybridized carbons (Fsp3) is 0.400. The third-order valence-corrected chi connectivity index (χ3v) is 2.99. The van der Waals surface area contributed by atoms with Gasteiger partial charge in [-0.3, -0.25) is 0 Å². The highest BCUT2D eigenvalue weighted by atomic mass is 16.3. The van der Waals surface area contributed by atoms with Gasteiger partial charge in [-0.1, -0.05) is 39.0 Å². The van der Waals surface area contributed by atoms with Crippen LogP contribution >= 0.6 is 0 Å². The van der Waals surface area contributed by atoms with Gasteiger partial charge in [0.05, 0.1) is 11.4 Å². The van der Waals surface area contributed by atoms with E-state index in [1.807, 2.05) is 30.3 Å². The first-order chi connectivity index (χ1) is 8.63. The average molecular weight is 244 g/mol. The number of nitrogens with zero attached hydrogens (tertiary/aromatic N) is 2. The summed E-state index contributed by atoms with van der Waals surface area (Å²) in [4.78, 5) is 0. The number of hydrogen-bond acceptors (Lipinski definition) is 2. The molecule has 0 saturated carbocycles. The number of rotatable bonds is 4. The predicted octanol–water partition coefficient (Wildman–Crippen LogP) is 3.34. The lowest BCUT2D eigenvalue weighted by Gasteiger charge is -2.05. The molecule has 1 heterocycles. The molecule has 1 N–H and O–H groups in total. The van der Waals surface area contributed by atoms with Gasteiger partial charge in [-0.2, -0.15) is 5.10 Å². The summed E-state index contributed by atoms with van der Waals surface area (Å²) < 4.78 is 1.64. The lowest BCUT2D eigenvalue weighted by molar-refractivity contribution is 0.424. The van der Waals surface area contributed by atoms with Crippen molar-refractivity contribution in [1.82, 2.24) is 9.78 Å². The molecule has 0 amide bonds. The molecule has 2 aromatic rings. The van der Waals surface area contributed by atoms with Crippen LogP contribution in [0.5, 0.6) is 5.88 Å². The zero-order valence-corrected chi connectivity index (χ0v) is 11.2. The summed E-state index contributed by atoms with van der Waals surface area (Å²) in [5, 5.41) is 14.9. The first kappa shape index (κ1) is 12.7. The van der Waals surface area contributed by atoms with E-state index >= 15 is 0 Å². The zero-order valence-electron chi connectivity index (χ0n) is 11.2. The second-order valence-electron chi connectivity index (χ2n) is 4.95. The van der Waals surface area contributed by atoms with Crippen molar-refractivity contribution in [2.45, 2.75) is 33.6 Å². The first-order valence-electron chi connectivity index (χ1n) is 6.48. The van der Waals surface area contributed by atoms with Crippen LogP contribution in [0.3, 0.4) is 0 Å². The van der Waals surface area contributed by atoms with Gasteiger partial charge < -0.3 is 5.11 Å². The summed E-state index contributed by atoms with van der Waals surface area (Å²) in [7, 11) is 0. The molecule has 1 aromatic heterocycles. The molecule has 0 radical (unpaired) electrons. The SMILES string of the molecule is CCc1nn(-c2ccccc2)c(O)c1CC(C)C. The van der Waals surface area contributed by atoms with Gasteiger partial charge >= 0.3 is 0 Å². The Bertz CT molecular complexity index is 515. The van der Waals surface area contributed by atoms with Crippen LogP contribution in [0.2, 0.25) is 0 Å². The fourth-order valence-corrected chi connectivity index (χ4v) is 2.14. The molecule has 96 valence electrons. The van der Waals surface area contributed by atoms with E-state index in [9.17, 15) is 5.11 Å². The van der Waals surface area contributed by atoms with Gasteiger partial charge in [0.2, 0.25) is 5.88 Å². The minimum Gasteiger partial charge on any atom is -0.493 e. The lowest BCUT2D eigenvalue weighted by atomic mass is 10.0. The molecule has 0 aliphatic rings. The van der Waals surface area contributed by atoms with Crippen LogP contribution < -0.4 is 0 Å². The van der Waals surface area contributed by atoms with E-state index in [0.717, 1.165) is 29.8 Å². The highest BCUT2D eigenvalue weighted by Gasteiger charge is 2.17. The normalized spacial score (nSPS) is 11.1. The number of aryl methyl sites for hydroxylation is 1. The van der Waals surface area contributed by atoms with Crippen LogP contribution in [0.1, 0.15) is 32.0 Å². The number of benzene rings is 1. The van der Waals surface area contributed by atoms with Gasteiger partial charge in [-0.15, -0.1) is 0 Å². The number of aromatic nitrogens is 2. The number of para-hydroxylation sites is 1. The molecule has 1 aromatic carbocycles. The molecular formula is C15H20N2O. The van der Waals surface area contributed by atoms with E-state index in [-0.39, 0.29) is 5.88 Å². The maximum Gasteiger partial charge on any atom is 0.217 e. The zero-order chi connectivity index (χ0) is 13.1. The van der Waals surface area contributed by atoms with Gasteiger partial charge in [0.1, 0.15) is 0 Å². The maximum atomic E-state index is 10.3. The van der Waals surface area contributed by atoms with E-state index in [0.29, 0.717) is 5.92 Å². The second-order valence-corrected chi connectivity index (χ2v) is 4.95. The van der Waals surface area contributed by atoms with Crippen LogP contribution in [0.4, 0.5) is 0 Å². The summed E-state index contributed by atoms with van der Waals surface area (Å²) in [6, 6.07) is 9.75. The van der Waals surface area contributed by atoms with E-state index in [2.05, 4.69) is 25.9 Å². The Kier molecular flexibility index (Phi) is 3.70. The van der Waals surface area contributed by atoms with Gasteiger partial charge in [-0.05, 0) is 30.9 Å². The molecule has 18 heavy (non-hydrogen) atoms. The molecule has 3 nitrogen and oxygen atoms in total. The third kappa shape index (κ3) is 2.40. The van der Waals surface area contributed by atoms with Gasteiger partial charge in [0.25, 0.3) is 0 Å². The Morgan fingerprint density at radius 2 is 1.89 bits per heavy atom. The summed E-state index contributed by atoms with van der Waals surface area (Å²) in [5.41, 5.74) is 2.88. The van der Waals surface area contributed by atoms with Gasteiger partial charge in [-0.25, -0.2) is 4.68 Å². The smallest absolute Gasteiger partial charge is 0.217 e. The number of hydrogen-bond donors (Lipinski definition) is 1. The van der Waals surface area contributed by atoms with Crippen LogP contribution in [0.15, 0.2) is 30.3 Å². The molecule has 0 unspecified atom stereocenters. The molecular weight excluding hydrogens is 224 g/mol. The lowest BCUT2D eigenvalue weighted by Crippen LogP contribution is -1.96. The van der Waals surface area contributed by atoms with Crippen molar-refractivity contribution in [3.05, 3.63) is 41.6 Å².